The van der Waals surface area contributed by atoms with Crippen molar-refractivity contribution in [3.05, 3.63) is 23.8 Å². The van der Waals surface area contributed by atoms with Crippen molar-refractivity contribution in [3.63, 3.8) is 0 Å². The highest BCUT2D eigenvalue weighted by Gasteiger charge is 2.27. The molecular weight excluding hydrogens is 218 g/mol. The fourth-order valence-corrected chi connectivity index (χ4v) is 2.40. The Morgan fingerprint density at radius 1 is 1.35 bits per heavy atom. The molecule has 4 heteroatoms. The van der Waals surface area contributed by atoms with Gasteiger partial charge in [0, 0.05) is 18.7 Å². The SMILES string of the molecule is COc1ccc2c(c1)CN1CCOCC1CO2. The second kappa shape index (κ2) is 4.55. The molecule has 1 saturated heterocycles. The van der Waals surface area contributed by atoms with Gasteiger partial charge in [-0.1, -0.05) is 0 Å². The third-order valence-corrected chi connectivity index (χ3v) is 3.42. The van der Waals surface area contributed by atoms with E-state index in [0.717, 1.165) is 37.8 Å². The molecule has 0 aromatic heterocycles. The van der Waals surface area contributed by atoms with Crippen LogP contribution >= 0.6 is 0 Å². The third-order valence-electron chi connectivity index (χ3n) is 3.42. The molecule has 0 radical (unpaired) electrons. The van der Waals surface area contributed by atoms with Gasteiger partial charge in [-0.3, -0.25) is 4.90 Å². The Hall–Kier alpha value is -1.26. The van der Waals surface area contributed by atoms with Crippen LogP contribution in [0.5, 0.6) is 11.5 Å². The third kappa shape index (κ3) is 2.10. The van der Waals surface area contributed by atoms with Gasteiger partial charge in [0.2, 0.25) is 0 Å². The summed E-state index contributed by atoms with van der Waals surface area (Å²) in [7, 11) is 1.69. The van der Waals surface area contributed by atoms with Crippen LogP contribution < -0.4 is 9.47 Å². The highest BCUT2D eigenvalue weighted by atomic mass is 16.5. The van der Waals surface area contributed by atoms with Crippen LogP contribution in [-0.4, -0.2) is 44.4 Å². The standard InChI is InChI=1S/C13H17NO3/c1-15-12-2-3-13-10(6-12)7-14-4-5-16-8-11(14)9-17-13/h2-3,6,11H,4-5,7-9H2,1H3. The first-order valence-corrected chi connectivity index (χ1v) is 5.98. The van der Waals surface area contributed by atoms with Gasteiger partial charge < -0.3 is 14.2 Å². The van der Waals surface area contributed by atoms with Crippen molar-refractivity contribution in [1.82, 2.24) is 4.90 Å². The van der Waals surface area contributed by atoms with Crippen LogP contribution in [0.1, 0.15) is 5.56 Å². The average molecular weight is 235 g/mol. The molecule has 0 bridgehead atoms. The van der Waals surface area contributed by atoms with Crippen LogP contribution in [0.3, 0.4) is 0 Å². The lowest BCUT2D eigenvalue weighted by Gasteiger charge is -2.32. The summed E-state index contributed by atoms with van der Waals surface area (Å²) in [4.78, 5) is 2.43. The van der Waals surface area contributed by atoms with E-state index >= 15 is 0 Å². The van der Waals surface area contributed by atoms with Gasteiger partial charge in [-0.05, 0) is 18.2 Å². The van der Waals surface area contributed by atoms with E-state index in [0.29, 0.717) is 12.6 Å². The van der Waals surface area contributed by atoms with Gasteiger partial charge in [-0.15, -0.1) is 0 Å². The quantitative estimate of drug-likeness (QED) is 0.734. The molecule has 1 fully saturated rings. The van der Waals surface area contributed by atoms with Crippen LogP contribution in [-0.2, 0) is 11.3 Å². The zero-order valence-corrected chi connectivity index (χ0v) is 10.0. The number of fused-ring (bicyclic) bond motifs is 2. The molecule has 2 aliphatic heterocycles. The number of benzene rings is 1. The van der Waals surface area contributed by atoms with Crippen molar-refractivity contribution in [1.29, 1.82) is 0 Å². The summed E-state index contributed by atoms with van der Waals surface area (Å²) in [6.45, 7) is 4.19. The maximum atomic E-state index is 5.84. The first kappa shape index (κ1) is 10.9. The van der Waals surface area contributed by atoms with Crippen LogP contribution in [0.4, 0.5) is 0 Å². The number of rotatable bonds is 1. The lowest BCUT2D eigenvalue weighted by molar-refractivity contribution is -0.0215. The van der Waals surface area contributed by atoms with Crippen molar-refractivity contribution < 1.29 is 14.2 Å². The molecule has 1 unspecified atom stereocenters. The number of morpholine rings is 1. The van der Waals surface area contributed by atoms with E-state index in [9.17, 15) is 0 Å². The Bertz CT molecular complexity index is 408. The molecular formula is C13H17NO3. The summed E-state index contributed by atoms with van der Waals surface area (Å²) in [5.74, 6) is 1.86. The summed E-state index contributed by atoms with van der Waals surface area (Å²) in [5.41, 5.74) is 1.20. The molecule has 1 atom stereocenters. The Kier molecular flexibility index (Phi) is 2.91. The fraction of sp³-hybridized carbons (Fsp3) is 0.538. The molecule has 17 heavy (non-hydrogen) atoms. The fourth-order valence-electron chi connectivity index (χ4n) is 2.40. The number of ether oxygens (including phenoxy) is 3. The highest BCUT2D eigenvalue weighted by molar-refractivity contribution is 5.40. The van der Waals surface area contributed by atoms with E-state index in [1.165, 1.54) is 5.56 Å². The van der Waals surface area contributed by atoms with Gasteiger partial charge >= 0.3 is 0 Å². The van der Waals surface area contributed by atoms with Crippen molar-refractivity contribution in [2.24, 2.45) is 0 Å². The number of hydrogen-bond acceptors (Lipinski definition) is 4. The molecule has 0 amide bonds. The summed E-state index contributed by atoms with van der Waals surface area (Å²) >= 11 is 0. The minimum Gasteiger partial charge on any atom is -0.497 e. The first-order chi connectivity index (χ1) is 8.36. The van der Waals surface area contributed by atoms with Crippen molar-refractivity contribution >= 4 is 0 Å². The molecule has 2 aliphatic rings. The highest BCUT2D eigenvalue weighted by Crippen LogP contribution is 2.29. The minimum atomic E-state index is 0.377. The first-order valence-electron chi connectivity index (χ1n) is 5.98. The van der Waals surface area contributed by atoms with Gasteiger partial charge in [-0.25, -0.2) is 0 Å². The van der Waals surface area contributed by atoms with Gasteiger partial charge in [0.25, 0.3) is 0 Å². The molecule has 1 aromatic carbocycles. The van der Waals surface area contributed by atoms with E-state index in [4.69, 9.17) is 14.2 Å². The smallest absolute Gasteiger partial charge is 0.124 e. The zero-order valence-electron chi connectivity index (χ0n) is 10.0. The average Bonchev–Trinajstić information content (AvgIpc) is 2.56. The van der Waals surface area contributed by atoms with E-state index < -0.39 is 0 Å². The molecule has 2 heterocycles. The number of methoxy groups -OCH3 is 1. The van der Waals surface area contributed by atoms with E-state index in [2.05, 4.69) is 11.0 Å². The Labute approximate surface area is 101 Å². The van der Waals surface area contributed by atoms with E-state index in [-0.39, 0.29) is 0 Å². The molecule has 0 aliphatic carbocycles. The maximum absolute atomic E-state index is 5.84. The van der Waals surface area contributed by atoms with E-state index in [1.807, 2.05) is 12.1 Å². The van der Waals surface area contributed by atoms with Gasteiger partial charge in [-0.2, -0.15) is 0 Å². The van der Waals surface area contributed by atoms with Crippen LogP contribution in [0.15, 0.2) is 18.2 Å². The second-order valence-corrected chi connectivity index (χ2v) is 4.48. The molecule has 1 aromatic rings. The molecule has 0 spiro atoms. The second-order valence-electron chi connectivity index (χ2n) is 4.48. The number of nitrogens with zero attached hydrogens (tertiary/aromatic N) is 1. The Morgan fingerprint density at radius 2 is 2.29 bits per heavy atom. The topological polar surface area (TPSA) is 30.9 Å². The summed E-state index contributed by atoms with van der Waals surface area (Å²) in [6, 6.07) is 6.38. The predicted molar refractivity (Wildman–Crippen MR) is 63.5 cm³/mol. The number of hydrogen-bond donors (Lipinski definition) is 0. The minimum absolute atomic E-state index is 0.377. The Morgan fingerprint density at radius 3 is 3.18 bits per heavy atom. The van der Waals surface area contributed by atoms with E-state index in [1.54, 1.807) is 7.11 Å². The van der Waals surface area contributed by atoms with Gasteiger partial charge in [0.05, 0.1) is 26.4 Å². The summed E-state index contributed by atoms with van der Waals surface area (Å²) in [6.07, 6.45) is 0. The monoisotopic (exact) mass is 235 g/mol. The van der Waals surface area contributed by atoms with Crippen molar-refractivity contribution in [3.8, 4) is 11.5 Å². The maximum Gasteiger partial charge on any atom is 0.124 e. The molecule has 4 nitrogen and oxygen atoms in total. The molecule has 92 valence electrons. The lowest BCUT2D eigenvalue weighted by atomic mass is 10.1. The van der Waals surface area contributed by atoms with Gasteiger partial charge in [0.15, 0.2) is 0 Å². The summed E-state index contributed by atoms with van der Waals surface area (Å²) in [5, 5.41) is 0. The molecule has 0 N–H and O–H groups in total. The van der Waals surface area contributed by atoms with Crippen molar-refractivity contribution in [2.45, 2.75) is 12.6 Å². The van der Waals surface area contributed by atoms with Crippen LogP contribution in [0, 0.1) is 0 Å². The van der Waals surface area contributed by atoms with Gasteiger partial charge in [0.1, 0.15) is 18.1 Å². The Balaban J connectivity index is 1.88. The van der Waals surface area contributed by atoms with Crippen LogP contribution in [0.2, 0.25) is 0 Å². The largest absolute Gasteiger partial charge is 0.497 e. The normalized spacial score (nSPS) is 24.2. The predicted octanol–water partition coefficient (Wildman–Crippen LogP) is 1.29. The molecule has 0 saturated carbocycles. The summed E-state index contributed by atoms with van der Waals surface area (Å²) < 4.78 is 16.6. The lowest BCUT2D eigenvalue weighted by Crippen LogP contribution is -2.46. The van der Waals surface area contributed by atoms with Crippen LogP contribution in [0.25, 0.3) is 0 Å². The molecule has 3 rings (SSSR count). The van der Waals surface area contributed by atoms with Crippen molar-refractivity contribution in [2.75, 3.05) is 33.5 Å². The zero-order chi connectivity index (χ0) is 11.7.